The highest BCUT2D eigenvalue weighted by molar-refractivity contribution is 8.03. The first-order chi connectivity index (χ1) is 17.3. The minimum absolute atomic E-state index is 0.00625. The lowest BCUT2D eigenvalue weighted by atomic mass is 9.86. The standard InChI is InChI=1S/C20H18F3N7O5S2/c1-6-11(28-19(25)36-6)13(29-35)16(31)27-12-9-2-3-10(14(18(33)34)30(9)17(12)32)37-7-4-8(20(21,22)23)15(24)26-5-7/h4-5,9,12,35H,2-3H2,1H3,(H2,24,26)(H2,25,28)(H,27,31)(H,33,34)/b29-13-. The van der Waals surface area contributed by atoms with Gasteiger partial charge in [0.25, 0.3) is 11.8 Å². The summed E-state index contributed by atoms with van der Waals surface area (Å²) in [5.74, 6) is -3.84. The van der Waals surface area contributed by atoms with Crippen LogP contribution in [-0.4, -0.2) is 60.8 Å². The summed E-state index contributed by atoms with van der Waals surface area (Å²) in [5.41, 5.74) is 8.95. The van der Waals surface area contributed by atoms with Crippen molar-refractivity contribution in [2.24, 2.45) is 5.16 Å². The Labute approximate surface area is 214 Å². The average Bonchev–Trinajstić information content (AvgIpc) is 3.15. The number of thiazole rings is 1. The van der Waals surface area contributed by atoms with E-state index >= 15 is 0 Å². The number of rotatable bonds is 6. The van der Waals surface area contributed by atoms with Gasteiger partial charge in [-0.15, -0.1) is 11.3 Å². The molecular weight excluding hydrogens is 539 g/mol. The van der Waals surface area contributed by atoms with Crippen molar-refractivity contribution in [2.45, 2.75) is 42.9 Å². The molecule has 2 amide bonds. The number of amides is 2. The first-order valence-electron chi connectivity index (χ1n) is 10.4. The normalized spacial score (nSPS) is 19.9. The van der Waals surface area contributed by atoms with E-state index < -0.39 is 58.8 Å². The van der Waals surface area contributed by atoms with Crippen LogP contribution in [0.15, 0.2) is 32.9 Å². The van der Waals surface area contributed by atoms with Crippen LogP contribution in [0.4, 0.5) is 24.1 Å². The molecule has 0 radical (unpaired) electrons. The van der Waals surface area contributed by atoms with Gasteiger partial charge in [0.05, 0.1) is 11.6 Å². The summed E-state index contributed by atoms with van der Waals surface area (Å²) in [6.45, 7) is 1.61. The second kappa shape index (κ2) is 9.55. The zero-order chi connectivity index (χ0) is 27.2. The molecule has 2 aliphatic heterocycles. The van der Waals surface area contributed by atoms with Crippen LogP contribution < -0.4 is 16.8 Å². The Morgan fingerprint density at radius 1 is 1.35 bits per heavy atom. The number of nitrogens with zero attached hydrogens (tertiary/aromatic N) is 4. The highest BCUT2D eigenvalue weighted by atomic mass is 32.2. The number of alkyl halides is 3. The Bertz CT molecular complexity index is 1370. The van der Waals surface area contributed by atoms with Gasteiger partial charge in [-0.1, -0.05) is 16.9 Å². The molecule has 2 aliphatic rings. The number of carbonyl (C=O) groups is 3. The minimum atomic E-state index is -4.76. The molecule has 4 heterocycles. The molecule has 17 heteroatoms. The number of anilines is 2. The molecule has 196 valence electrons. The molecule has 2 atom stereocenters. The van der Waals surface area contributed by atoms with Crippen LogP contribution >= 0.6 is 23.1 Å². The number of nitrogen functional groups attached to an aromatic ring is 2. The van der Waals surface area contributed by atoms with Crippen LogP contribution in [0.2, 0.25) is 0 Å². The maximum absolute atomic E-state index is 13.2. The predicted molar refractivity (Wildman–Crippen MR) is 126 cm³/mol. The molecule has 2 unspecified atom stereocenters. The number of aliphatic carboxylic acids is 1. The van der Waals surface area contributed by atoms with Gasteiger partial charge >= 0.3 is 12.1 Å². The number of aryl methyl sites for hydroxylation is 1. The van der Waals surface area contributed by atoms with E-state index in [4.69, 9.17) is 11.5 Å². The number of nitrogens with two attached hydrogens (primary N) is 2. The SMILES string of the molecule is Cc1sc(N)nc1/C(=N/O)C(=O)NC1C(=O)N2C(C(=O)O)=C(Sc3cnc(N)c(C(F)(F)F)c3)CCC12. The van der Waals surface area contributed by atoms with E-state index in [1.165, 1.54) is 0 Å². The lowest BCUT2D eigenvalue weighted by molar-refractivity contribution is -0.155. The van der Waals surface area contributed by atoms with Crippen LogP contribution in [0.25, 0.3) is 0 Å². The van der Waals surface area contributed by atoms with E-state index in [1.54, 1.807) is 6.92 Å². The number of carbonyl (C=O) groups excluding carboxylic acids is 2. The van der Waals surface area contributed by atoms with Gasteiger partial charge < -0.3 is 27.1 Å². The fraction of sp³-hybridized carbons (Fsp3) is 0.300. The molecule has 2 aromatic heterocycles. The molecule has 0 saturated carbocycles. The van der Waals surface area contributed by atoms with Gasteiger partial charge in [0.15, 0.2) is 10.8 Å². The van der Waals surface area contributed by atoms with Gasteiger partial charge in [-0.05, 0) is 25.8 Å². The number of fused-ring (bicyclic) bond motifs is 1. The molecule has 7 N–H and O–H groups in total. The van der Waals surface area contributed by atoms with E-state index in [9.17, 15) is 37.9 Å². The fourth-order valence-electron chi connectivity index (χ4n) is 4.06. The molecule has 0 bridgehead atoms. The zero-order valence-corrected chi connectivity index (χ0v) is 20.4. The fourth-order valence-corrected chi connectivity index (χ4v) is 5.81. The average molecular weight is 558 g/mol. The third kappa shape index (κ3) is 4.78. The summed E-state index contributed by atoms with van der Waals surface area (Å²) in [6.07, 6.45) is -3.37. The number of nitrogens with one attached hydrogen (secondary N) is 1. The van der Waals surface area contributed by atoms with Gasteiger partial charge in [0.1, 0.15) is 23.3 Å². The largest absolute Gasteiger partial charge is 0.477 e. The Morgan fingerprint density at radius 3 is 2.62 bits per heavy atom. The van der Waals surface area contributed by atoms with E-state index in [2.05, 4.69) is 20.4 Å². The number of pyridine rings is 1. The van der Waals surface area contributed by atoms with E-state index in [-0.39, 0.29) is 33.5 Å². The second-order valence-corrected chi connectivity index (χ2v) is 10.4. The summed E-state index contributed by atoms with van der Waals surface area (Å²) in [5, 5.41) is 24.7. The number of halogens is 3. The summed E-state index contributed by atoms with van der Waals surface area (Å²) < 4.78 is 39.6. The predicted octanol–water partition coefficient (Wildman–Crippen LogP) is 1.79. The van der Waals surface area contributed by atoms with E-state index in [1.807, 2.05) is 0 Å². The van der Waals surface area contributed by atoms with Crippen molar-refractivity contribution in [3.8, 4) is 0 Å². The highest BCUT2D eigenvalue weighted by Gasteiger charge is 2.54. The number of oxime groups is 1. The van der Waals surface area contributed by atoms with Gasteiger partial charge in [-0.25, -0.2) is 14.8 Å². The van der Waals surface area contributed by atoms with Crippen molar-refractivity contribution < 1.29 is 37.9 Å². The van der Waals surface area contributed by atoms with Crippen LogP contribution in [0.3, 0.4) is 0 Å². The number of hydrogen-bond acceptors (Lipinski definition) is 11. The minimum Gasteiger partial charge on any atom is -0.477 e. The number of hydrogen-bond donors (Lipinski definition) is 5. The van der Waals surface area contributed by atoms with Crippen LogP contribution in [-0.2, 0) is 20.6 Å². The molecule has 1 saturated heterocycles. The number of aromatic nitrogens is 2. The van der Waals surface area contributed by atoms with Crippen molar-refractivity contribution in [1.82, 2.24) is 20.2 Å². The highest BCUT2D eigenvalue weighted by Crippen LogP contribution is 2.44. The van der Waals surface area contributed by atoms with Crippen molar-refractivity contribution >= 4 is 57.5 Å². The van der Waals surface area contributed by atoms with Crippen molar-refractivity contribution in [3.63, 3.8) is 0 Å². The molecule has 12 nitrogen and oxygen atoms in total. The smallest absolute Gasteiger partial charge is 0.419 e. The molecule has 0 spiro atoms. The maximum Gasteiger partial charge on any atom is 0.419 e. The first kappa shape index (κ1) is 26.2. The van der Waals surface area contributed by atoms with Crippen molar-refractivity contribution in [1.29, 1.82) is 0 Å². The third-order valence-electron chi connectivity index (χ3n) is 5.67. The lowest BCUT2D eigenvalue weighted by Gasteiger charge is -2.50. The van der Waals surface area contributed by atoms with Crippen LogP contribution in [0.1, 0.15) is 29.0 Å². The van der Waals surface area contributed by atoms with Gasteiger partial charge in [-0.3, -0.25) is 14.5 Å². The summed E-state index contributed by atoms with van der Waals surface area (Å²) >= 11 is 1.80. The maximum atomic E-state index is 13.2. The van der Waals surface area contributed by atoms with Crippen molar-refractivity contribution in [3.05, 3.63) is 39.0 Å². The second-order valence-electron chi connectivity index (χ2n) is 7.95. The van der Waals surface area contributed by atoms with Gasteiger partial charge in [0, 0.05) is 20.9 Å². The lowest BCUT2D eigenvalue weighted by Crippen LogP contribution is -2.72. The first-order valence-corrected chi connectivity index (χ1v) is 12.0. The molecule has 0 aromatic carbocycles. The summed E-state index contributed by atoms with van der Waals surface area (Å²) in [6, 6.07) is -1.09. The molecule has 1 fully saturated rings. The number of β-lactam (4-membered cyclic amide) rings is 1. The molecule has 37 heavy (non-hydrogen) atoms. The number of carboxylic acid groups (broad SMARTS) is 1. The van der Waals surface area contributed by atoms with E-state index in [0.717, 1.165) is 40.3 Å². The van der Waals surface area contributed by atoms with Gasteiger partial charge in [-0.2, -0.15) is 13.2 Å². The summed E-state index contributed by atoms with van der Waals surface area (Å²) in [4.78, 5) is 46.8. The Morgan fingerprint density at radius 2 is 2.05 bits per heavy atom. The Balaban J connectivity index is 1.56. The van der Waals surface area contributed by atoms with Crippen molar-refractivity contribution in [2.75, 3.05) is 11.5 Å². The molecule has 2 aromatic rings. The molecule has 4 rings (SSSR count). The van der Waals surface area contributed by atoms with Gasteiger partial charge in [0.2, 0.25) is 0 Å². The monoisotopic (exact) mass is 557 g/mol. The summed E-state index contributed by atoms with van der Waals surface area (Å²) in [7, 11) is 0. The molecule has 0 aliphatic carbocycles. The topological polar surface area (TPSA) is 197 Å². The Kier molecular flexibility index (Phi) is 6.76. The van der Waals surface area contributed by atoms with Crippen LogP contribution in [0, 0.1) is 6.92 Å². The zero-order valence-electron chi connectivity index (χ0n) is 18.7. The number of allylic oxidation sites excluding steroid dienone is 1. The quantitative estimate of drug-likeness (QED) is 0.151. The Hall–Kier alpha value is -3.86. The number of thioether (sulfide) groups is 1. The third-order valence-corrected chi connectivity index (χ3v) is 7.58. The molecular formula is C20H18F3N7O5S2. The number of carboxylic acids is 1. The van der Waals surface area contributed by atoms with E-state index in [0.29, 0.717) is 4.88 Å². The van der Waals surface area contributed by atoms with Crippen LogP contribution in [0.5, 0.6) is 0 Å².